The summed E-state index contributed by atoms with van der Waals surface area (Å²) in [7, 11) is -1.64. The number of hydrogen-bond acceptors (Lipinski definition) is 8. The number of aromatic nitrogens is 3. The summed E-state index contributed by atoms with van der Waals surface area (Å²) in [5.41, 5.74) is 1.41. The van der Waals surface area contributed by atoms with Crippen LogP contribution in [-0.2, 0) is 23.1 Å². The molecule has 11 heteroatoms. The normalized spacial score (nSPS) is 19.8. The van der Waals surface area contributed by atoms with E-state index >= 15 is 0 Å². The molecule has 3 heterocycles. The molecule has 0 fully saturated rings. The van der Waals surface area contributed by atoms with Crippen LogP contribution in [0.15, 0.2) is 23.3 Å². The van der Waals surface area contributed by atoms with E-state index in [1.54, 1.807) is 40.1 Å². The number of hydrogen-bond donors (Lipinski definition) is 0. The minimum absolute atomic E-state index is 0.205. The van der Waals surface area contributed by atoms with Gasteiger partial charge >= 0.3 is 7.60 Å². The predicted molar refractivity (Wildman–Crippen MR) is 111 cm³/mol. The Labute approximate surface area is 174 Å². The maximum atomic E-state index is 12.5. The van der Waals surface area contributed by atoms with Crippen molar-refractivity contribution in [2.24, 2.45) is 4.99 Å². The maximum absolute atomic E-state index is 12.5. The molecular formula is C18H24ClN4O5P. The minimum Gasteiger partial charge on any atom is -0.336 e. The topological polar surface area (TPSA) is 97.1 Å². The smallest absolute Gasteiger partial charge is 0.336 e. The number of nitrogens with zero attached hydrogens (tertiary/aromatic N) is 4. The summed E-state index contributed by atoms with van der Waals surface area (Å²) in [4.78, 5) is 12.8. The third-order valence-electron chi connectivity index (χ3n) is 4.07. The Morgan fingerprint density at radius 2 is 2.03 bits per heavy atom. The number of halogens is 1. The van der Waals surface area contributed by atoms with Crippen LogP contribution in [0.25, 0.3) is 11.0 Å². The molecule has 0 radical (unpaired) electrons. The molecule has 2 atom stereocenters. The van der Waals surface area contributed by atoms with Crippen LogP contribution in [0.2, 0.25) is 5.15 Å². The molecule has 0 saturated carbocycles. The van der Waals surface area contributed by atoms with Crippen molar-refractivity contribution in [1.82, 2.24) is 14.5 Å². The molecule has 0 aliphatic carbocycles. The van der Waals surface area contributed by atoms with Gasteiger partial charge < -0.3 is 23.1 Å². The third kappa shape index (κ3) is 4.94. The molecule has 2 aromatic heterocycles. The van der Waals surface area contributed by atoms with Crippen LogP contribution in [-0.4, -0.2) is 53.6 Å². The molecule has 1 aliphatic heterocycles. The van der Waals surface area contributed by atoms with Gasteiger partial charge in [0.05, 0.1) is 18.6 Å². The molecule has 0 aromatic carbocycles. The Morgan fingerprint density at radius 3 is 2.69 bits per heavy atom. The molecule has 2 aromatic rings. The van der Waals surface area contributed by atoms with Crippen molar-refractivity contribution in [3.8, 4) is 0 Å². The van der Waals surface area contributed by atoms with Crippen molar-refractivity contribution >= 4 is 36.4 Å². The average molecular weight is 443 g/mol. The van der Waals surface area contributed by atoms with Gasteiger partial charge in [-0.05, 0) is 32.9 Å². The second-order valence-electron chi connectivity index (χ2n) is 6.16. The zero-order valence-electron chi connectivity index (χ0n) is 16.7. The largest absolute Gasteiger partial charge is 0.356 e. The highest BCUT2D eigenvalue weighted by Crippen LogP contribution is 2.48. The SMILES string of the molecule is CCOP(=O)(CO[C@@H]1C=C[C@H](n2cc(/C=N/C)c3c(Cl)nc(C)nc32)O1)OCC. The lowest BCUT2D eigenvalue weighted by Gasteiger charge is -2.20. The molecule has 0 unspecified atom stereocenters. The first-order chi connectivity index (χ1) is 13.9. The molecule has 3 rings (SSSR count). The van der Waals surface area contributed by atoms with E-state index in [4.69, 9.17) is 30.1 Å². The van der Waals surface area contributed by atoms with Gasteiger partial charge in [-0.15, -0.1) is 0 Å². The Hall–Kier alpha value is -1.61. The van der Waals surface area contributed by atoms with E-state index in [2.05, 4.69) is 15.0 Å². The van der Waals surface area contributed by atoms with Gasteiger partial charge in [0.2, 0.25) is 0 Å². The quantitative estimate of drug-likeness (QED) is 0.249. The van der Waals surface area contributed by atoms with Crippen LogP contribution in [0.5, 0.6) is 0 Å². The first-order valence-electron chi connectivity index (χ1n) is 9.21. The van der Waals surface area contributed by atoms with E-state index in [9.17, 15) is 4.57 Å². The standard InChI is InChI=1S/C18H24ClN4O5P/c1-5-26-29(24,27-6-2)11-25-15-8-7-14(28-15)23-10-13(9-20-4)16-17(19)21-12(3)22-18(16)23/h7-10,14-15H,5-6,11H2,1-4H3/b20-9+/t14-,15+/m1/s1. The monoisotopic (exact) mass is 442 g/mol. The van der Waals surface area contributed by atoms with Crippen LogP contribution in [0.4, 0.5) is 0 Å². The fraction of sp³-hybridized carbons (Fsp3) is 0.500. The first kappa shape index (κ1) is 22.1. The average Bonchev–Trinajstić information content (AvgIpc) is 3.26. The number of aliphatic imine (C=N–C) groups is 1. The van der Waals surface area contributed by atoms with E-state index in [-0.39, 0.29) is 19.6 Å². The Morgan fingerprint density at radius 1 is 1.31 bits per heavy atom. The first-order valence-corrected chi connectivity index (χ1v) is 11.3. The molecule has 29 heavy (non-hydrogen) atoms. The molecule has 9 nitrogen and oxygen atoms in total. The van der Waals surface area contributed by atoms with Crippen molar-refractivity contribution in [3.05, 3.63) is 34.9 Å². The fourth-order valence-corrected chi connectivity index (χ4v) is 4.66. The molecule has 0 saturated heterocycles. The van der Waals surface area contributed by atoms with Gasteiger partial charge in [-0.2, -0.15) is 0 Å². The lowest BCUT2D eigenvalue weighted by molar-refractivity contribution is -0.126. The molecule has 0 spiro atoms. The summed E-state index contributed by atoms with van der Waals surface area (Å²) in [5, 5.41) is 1.05. The zero-order valence-corrected chi connectivity index (χ0v) is 18.4. The fourth-order valence-electron chi connectivity index (χ4n) is 3.00. The molecule has 158 valence electrons. The lowest BCUT2D eigenvalue weighted by Crippen LogP contribution is -2.17. The number of aryl methyl sites for hydroxylation is 1. The summed E-state index contributed by atoms with van der Waals surface area (Å²) in [6.07, 6.45) is 5.72. The third-order valence-corrected chi connectivity index (χ3v) is 6.11. The Bertz CT molecular complexity index is 967. The molecule has 0 bridgehead atoms. The highest BCUT2D eigenvalue weighted by molar-refractivity contribution is 7.53. The number of fused-ring (bicyclic) bond motifs is 1. The summed E-state index contributed by atoms with van der Waals surface area (Å²) in [6, 6.07) is 0. The van der Waals surface area contributed by atoms with Gasteiger partial charge in [0, 0.05) is 25.0 Å². The van der Waals surface area contributed by atoms with E-state index < -0.39 is 20.1 Å². The van der Waals surface area contributed by atoms with Gasteiger partial charge in [0.25, 0.3) is 0 Å². The van der Waals surface area contributed by atoms with Crippen molar-refractivity contribution in [1.29, 1.82) is 0 Å². The summed E-state index contributed by atoms with van der Waals surface area (Å²) in [6.45, 7) is 5.80. The number of ether oxygens (including phenoxy) is 2. The molecule has 0 N–H and O–H groups in total. The molecular weight excluding hydrogens is 419 g/mol. The second-order valence-corrected chi connectivity index (χ2v) is 8.52. The highest BCUT2D eigenvalue weighted by Gasteiger charge is 2.29. The molecule has 1 aliphatic rings. The summed E-state index contributed by atoms with van der Waals surface area (Å²) >= 11 is 6.34. The maximum Gasteiger partial charge on any atom is 0.356 e. The second kappa shape index (κ2) is 9.47. The van der Waals surface area contributed by atoms with E-state index in [0.717, 1.165) is 5.56 Å². The number of rotatable bonds is 9. The van der Waals surface area contributed by atoms with Gasteiger partial charge in [-0.25, -0.2) is 9.97 Å². The van der Waals surface area contributed by atoms with Crippen molar-refractivity contribution in [2.45, 2.75) is 33.3 Å². The van der Waals surface area contributed by atoms with Crippen LogP contribution < -0.4 is 0 Å². The zero-order chi connectivity index (χ0) is 21.0. The Kier molecular flexibility index (Phi) is 7.21. The van der Waals surface area contributed by atoms with E-state index in [1.165, 1.54) is 0 Å². The van der Waals surface area contributed by atoms with Crippen LogP contribution in [0.1, 0.15) is 31.5 Å². The summed E-state index contributed by atoms with van der Waals surface area (Å²) in [5.74, 6) is 0.547. The van der Waals surface area contributed by atoms with Crippen LogP contribution in [0, 0.1) is 6.92 Å². The Balaban J connectivity index is 1.79. The van der Waals surface area contributed by atoms with Gasteiger partial charge in [0.1, 0.15) is 16.6 Å². The highest BCUT2D eigenvalue weighted by atomic mass is 35.5. The van der Waals surface area contributed by atoms with Gasteiger partial charge in [-0.3, -0.25) is 9.56 Å². The van der Waals surface area contributed by atoms with Crippen LogP contribution >= 0.6 is 19.2 Å². The van der Waals surface area contributed by atoms with Gasteiger partial charge in [0.15, 0.2) is 18.9 Å². The van der Waals surface area contributed by atoms with E-state index in [1.807, 2.05) is 16.8 Å². The lowest BCUT2D eigenvalue weighted by atomic mass is 10.2. The predicted octanol–water partition coefficient (Wildman–Crippen LogP) is 4.09. The molecule has 0 amide bonds. The van der Waals surface area contributed by atoms with Crippen molar-refractivity contribution in [2.75, 3.05) is 26.6 Å². The van der Waals surface area contributed by atoms with Gasteiger partial charge in [-0.1, -0.05) is 11.6 Å². The van der Waals surface area contributed by atoms with E-state index in [0.29, 0.717) is 22.0 Å². The van der Waals surface area contributed by atoms with Crippen molar-refractivity contribution < 1.29 is 23.1 Å². The van der Waals surface area contributed by atoms with Crippen LogP contribution in [0.3, 0.4) is 0 Å². The van der Waals surface area contributed by atoms with Crippen molar-refractivity contribution in [3.63, 3.8) is 0 Å². The summed E-state index contributed by atoms with van der Waals surface area (Å²) < 4.78 is 36.4. The minimum atomic E-state index is -3.32.